The average molecular weight is 432 g/mol. The Bertz CT molecular complexity index is 1520. The Morgan fingerprint density at radius 3 is 2.45 bits per heavy atom. The van der Waals surface area contributed by atoms with Gasteiger partial charge in [0.15, 0.2) is 0 Å². The summed E-state index contributed by atoms with van der Waals surface area (Å²) in [5.74, 6) is -0.00976. The summed E-state index contributed by atoms with van der Waals surface area (Å²) in [4.78, 5) is 4.94. The first kappa shape index (κ1) is 20.1. The van der Waals surface area contributed by atoms with E-state index in [9.17, 15) is 0 Å². The van der Waals surface area contributed by atoms with Crippen LogP contribution in [-0.4, -0.2) is 10.8 Å². The largest absolute Gasteiger partial charge is 0.399 e. The van der Waals surface area contributed by atoms with Crippen LogP contribution in [0.3, 0.4) is 0 Å². The fraction of sp³-hybridized carbons (Fsp3) is 0. The minimum atomic E-state index is -0.00976. The van der Waals surface area contributed by atoms with E-state index in [1.54, 1.807) is 24.3 Å². The van der Waals surface area contributed by atoms with E-state index in [-0.39, 0.29) is 5.84 Å². The van der Waals surface area contributed by atoms with Gasteiger partial charge in [-0.2, -0.15) is 0 Å². The molecule has 0 saturated carbocycles. The molecule has 160 valence electrons. The molecule has 0 aliphatic heterocycles. The molecule has 7 nitrogen and oxygen atoms in total. The number of nitrogens with one attached hydrogen (secondary N) is 2. The third-order valence-corrected chi connectivity index (χ3v) is 5.37. The lowest BCUT2D eigenvalue weighted by Gasteiger charge is -2.12. The number of nitrogens with two attached hydrogens (primary N) is 2. The average Bonchev–Trinajstić information content (AvgIpc) is 2.84. The van der Waals surface area contributed by atoms with Gasteiger partial charge in [0.2, 0.25) is 0 Å². The number of fused-ring (bicyclic) bond motifs is 3. The van der Waals surface area contributed by atoms with E-state index in [0.29, 0.717) is 16.9 Å². The number of anilines is 2. The summed E-state index contributed by atoms with van der Waals surface area (Å²) in [6.07, 6.45) is 0. The maximum atomic E-state index is 7.56. The summed E-state index contributed by atoms with van der Waals surface area (Å²) in [5, 5.41) is 19.0. The van der Waals surface area contributed by atoms with E-state index in [0.717, 1.165) is 38.6 Å². The third-order valence-electron chi connectivity index (χ3n) is 5.37. The number of hydrogen-bond acceptors (Lipinski definition) is 5. The van der Waals surface area contributed by atoms with Crippen LogP contribution in [0.5, 0.6) is 0 Å². The van der Waals surface area contributed by atoms with E-state index < -0.39 is 0 Å². The monoisotopic (exact) mass is 431 g/mol. The number of benzene rings is 4. The zero-order chi connectivity index (χ0) is 22.8. The van der Waals surface area contributed by atoms with Gasteiger partial charge in [0.1, 0.15) is 5.84 Å². The lowest BCUT2D eigenvalue weighted by atomic mass is 9.99. The maximum Gasteiger partial charge on any atom is 0.122 e. The Labute approximate surface area is 190 Å². The normalized spacial score (nSPS) is 11.3. The Morgan fingerprint density at radius 1 is 0.818 bits per heavy atom. The van der Waals surface area contributed by atoms with Crippen LogP contribution in [0.15, 0.2) is 101 Å². The number of nitrogens with zero attached hydrogens (tertiary/aromatic N) is 3. The van der Waals surface area contributed by atoms with Crippen molar-refractivity contribution in [3.8, 4) is 11.3 Å². The second-order valence-electron chi connectivity index (χ2n) is 7.64. The first-order valence-electron chi connectivity index (χ1n) is 10.4. The van der Waals surface area contributed by atoms with Gasteiger partial charge in [0, 0.05) is 27.6 Å². The predicted molar refractivity (Wildman–Crippen MR) is 135 cm³/mol. The van der Waals surface area contributed by atoms with Crippen LogP contribution >= 0.6 is 0 Å². The molecule has 0 radical (unpaired) electrons. The lowest BCUT2D eigenvalue weighted by Crippen LogP contribution is -2.10. The molecular formula is C26H21N7. The van der Waals surface area contributed by atoms with Crippen molar-refractivity contribution in [3.05, 3.63) is 96.6 Å². The highest BCUT2D eigenvalue weighted by Gasteiger charge is 2.11. The van der Waals surface area contributed by atoms with Gasteiger partial charge in [0.05, 0.1) is 22.6 Å². The topological polar surface area (TPSA) is 126 Å². The molecule has 0 unspecified atom stereocenters. The summed E-state index contributed by atoms with van der Waals surface area (Å²) in [7, 11) is 0. The van der Waals surface area contributed by atoms with Gasteiger partial charge in [-0.3, -0.25) is 10.8 Å². The molecule has 0 saturated heterocycles. The van der Waals surface area contributed by atoms with Crippen molar-refractivity contribution < 1.29 is 0 Å². The van der Waals surface area contributed by atoms with Crippen LogP contribution in [0.25, 0.3) is 32.9 Å². The fourth-order valence-corrected chi connectivity index (χ4v) is 3.79. The molecule has 33 heavy (non-hydrogen) atoms. The van der Waals surface area contributed by atoms with Gasteiger partial charge < -0.3 is 11.5 Å². The van der Waals surface area contributed by atoms with E-state index in [4.69, 9.17) is 21.9 Å². The molecule has 0 fully saturated rings. The van der Waals surface area contributed by atoms with Crippen molar-refractivity contribution >= 4 is 44.6 Å². The van der Waals surface area contributed by atoms with Crippen molar-refractivity contribution in [2.45, 2.75) is 0 Å². The second-order valence-corrected chi connectivity index (χ2v) is 7.64. The molecule has 0 aliphatic rings. The summed E-state index contributed by atoms with van der Waals surface area (Å²) in [6.45, 7) is 0. The number of pyridine rings is 1. The molecule has 0 bridgehead atoms. The zero-order valence-electron chi connectivity index (χ0n) is 17.7. The van der Waals surface area contributed by atoms with Crippen LogP contribution in [0, 0.1) is 5.41 Å². The van der Waals surface area contributed by atoms with E-state index >= 15 is 0 Å². The number of aromatic nitrogens is 1. The van der Waals surface area contributed by atoms with Crippen LogP contribution < -0.4 is 16.9 Å². The van der Waals surface area contributed by atoms with Crippen molar-refractivity contribution in [1.29, 1.82) is 5.41 Å². The Hall–Kier alpha value is -4.78. The van der Waals surface area contributed by atoms with Crippen LogP contribution in [0.4, 0.5) is 17.1 Å². The van der Waals surface area contributed by atoms with Gasteiger partial charge in [-0.05, 0) is 41.8 Å². The van der Waals surface area contributed by atoms with Crippen LogP contribution in [-0.2, 0) is 0 Å². The molecule has 0 spiro atoms. The third kappa shape index (κ3) is 4.07. The van der Waals surface area contributed by atoms with Crippen LogP contribution in [0.1, 0.15) is 5.56 Å². The van der Waals surface area contributed by atoms with Gasteiger partial charge in [-0.25, -0.2) is 4.98 Å². The van der Waals surface area contributed by atoms with Gasteiger partial charge in [0.25, 0.3) is 0 Å². The SMILES string of the molecule is N=C(N)c1cccc(/N=N/Nc2ccc3c(c2)c(-c2ccccc2)nc2cc(N)ccc23)c1. The number of rotatable bonds is 5. The minimum absolute atomic E-state index is 0.00976. The van der Waals surface area contributed by atoms with E-state index in [1.165, 1.54) is 0 Å². The van der Waals surface area contributed by atoms with Gasteiger partial charge >= 0.3 is 0 Å². The smallest absolute Gasteiger partial charge is 0.122 e. The fourth-order valence-electron chi connectivity index (χ4n) is 3.79. The van der Waals surface area contributed by atoms with E-state index in [2.05, 4.69) is 21.8 Å². The minimum Gasteiger partial charge on any atom is -0.399 e. The molecule has 4 aromatic carbocycles. The molecule has 1 heterocycles. The first-order chi connectivity index (χ1) is 16.1. The summed E-state index contributed by atoms with van der Waals surface area (Å²) < 4.78 is 0. The Balaban J connectivity index is 1.56. The quantitative estimate of drug-likeness (QED) is 0.0676. The van der Waals surface area contributed by atoms with Gasteiger partial charge in [-0.15, -0.1) is 5.11 Å². The number of hydrogen-bond donors (Lipinski definition) is 4. The number of amidine groups is 1. The predicted octanol–water partition coefficient (Wildman–Crippen LogP) is 6.03. The molecule has 0 amide bonds. The standard InChI is InChI=1S/C26H21N7/c27-18-9-11-22-21-12-10-20(32-33-31-19-8-4-7-17(13-19)26(28)29)15-23(21)25(30-24(22)14-18)16-5-2-1-3-6-16/h1-15H,27H2,(H3,28,29)(H,31,32). The van der Waals surface area contributed by atoms with Crippen molar-refractivity contribution in [1.82, 2.24) is 4.98 Å². The summed E-state index contributed by atoms with van der Waals surface area (Å²) in [5.41, 5.74) is 20.0. The molecule has 1 aromatic heterocycles. The summed E-state index contributed by atoms with van der Waals surface area (Å²) in [6, 6.07) is 28.9. The maximum absolute atomic E-state index is 7.56. The van der Waals surface area contributed by atoms with Crippen LogP contribution in [0.2, 0.25) is 0 Å². The Morgan fingerprint density at radius 2 is 1.64 bits per heavy atom. The molecule has 6 N–H and O–H groups in total. The van der Waals surface area contributed by atoms with Crippen molar-refractivity contribution in [2.24, 2.45) is 16.1 Å². The zero-order valence-corrected chi connectivity index (χ0v) is 17.7. The second kappa shape index (κ2) is 8.39. The number of nitrogen functional groups attached to an aromatic ring is 2. The summed E-state index contributed by atoms with van der Waals surface area (Å²) >= 11 is 0. The molecular weight excluding hydrogens is 410 g/mol. The molecule has 5 aromatic rings. The van der Waals surface area contributed by atoms with E-state index in [1.807, 2.05) is 60.7 Å². The van der Waals surface area contributed by atoms with Gasteiger partial charge in [-0.1, -0.05) is 59.8 Å². The first-order valence-corrected chi connectivity index (χ1v) is 10.4. The van der Waals surface area contributed by atoms with Crippen molar-refractivity contribution in [3.63, 3.8) is 0 Å². The highest BCUT2D eigenvalue weighted by molar-refractivity contribution is 6.12. The van der Waals surface area contributed by atoms with Crippen molar-refractivity contribution in [2.75, 3.05) is 11.2 Å². The highest BCUT2D eigenvalue weighted by atomic mass is 15.4. The Kier molecular flexibility index (Phi) is 5.12. The highest BCUT2D eigenvalue weighted by Crippen LogP contribution is 2.34. The lowest BCUT2D eigenvalue weighted by molar-refractivity contribution is 1.13. The molecule has 5 rings (SSSR count). The molecule has 0 aliphatic carbocycles. The molecule has 7 heteroatoms. The molecule has 0 atom stereocenters.